The molecule has 6 heteroatoms. The van der Waals surface area contributed by atoms with Gasteiger partial charge in [-0.05, 0) is 75.6 Å². The van der Waals surface area contributed by atoms with Gasteiger partial charge in [-0.1, -0.05) is 11.6 Å². The molecule has 4 rings (SSSR count). The van der Waals surface area contributed by atoms with Gasteiger partial charge in [0.2, 0.25) is 5.95 Å². The van der Waals surface area contributed by atoms with Crippen LogP contribution in [0.1, 0.15) is 51.4 Å². The maximum absolute atomic E-state index is 4.54. The van der Waals surface area contributed by atoms with Gasteiger partial charge in [-0.3, -0.25) is 0 Å². The minimum atomic E-state index is 0.575. The maximum atomic E-state index is 4.54. The number of benzene rings is 1. The highest BCUT2D eigenvalue weighted by molar-refractivity contribution is 5.60. The molecule has 2 aliphatic rings. The van der Waals surface area contributed by atoms with Crippen molar-refractivity contribution in [2.75, 3.05) is 35.2 Å². The molecule has 0 bridgehead atoms. The first-order chi connectivity index (χ1) is 13.9. The van der Waals surface area contributed by atoms with Crippen molar-refractivity contribution in [2.24, 2.45) is 0 Å². The van der Waals surface area contributed by atoms with E-state index < -0.39 is 0 Å². The van der Waals surface area contributed by atoms with Crippen molar-refractivity contribution < 1.29 is 0 Å². The molecule has 2 N–H and O–H groups in total. The van der Waals surface area contributed by atoms with E-state index in [1.54, 1.807) is 11.8 Å². The van der Waals surface area contributed by atoms with Crippen LogP contribution >= 0.6 is 0 Å². The lowest BCUT2D eigenvalue weighted by molar-refractivity contribution is 0.578. The van der Waals surface area contributed by atoms with Crippen molar-refractivity contribution in [1.82, 2.24) is 15.2 Å². The molecule has 0 spiro atoms. The van der Waals surface area contributed by atoms with Crippen LogP contribution in [-0.2, 0) is 0 Å². The van der Waals surface area contributed by atoms with Gasteiger partial charge < -0.3 is 15.5 Å². The lowest BCUT2D eigenvalue weighted by Gasteiger charge is -2.28. The molecule has 28 heavy (non-hydrogen) atoms. The predicted octanol–water partition coefficient (Wildman–Crippen LogP) is 4.91. The van der Waals surface area contributed by atoms with E-state index in [0.29, 0.717) is 11.8 Å². The smallest absolute Gasteiger partial charge is 0.244 e. The number of allylic oxidation sites excluding steroid dienone is 1. The third-order valence-electron chi connectivity index (χ3n) is 5.53. The third kappa shape index (κ3) is 5.21. The number of aromatic nitrogens is 3. The number of hydrogen-bond acceptors (Lipinski definition) is 6. The summed E-state index contributed by atoms with van der Waals surface area (Å²) in [4.78, 5) is 7.00. The van der Waals surface area contributed by atoms with Gasteiger partial charge in [-0.15, -0.1) is 5.10 Å². The Morgan fingerprint density at radius 2 is 1.82 bits per heavy atom. The molecule has 0 atom stereocenters. The average molecular weight is 379 g/mol. The molecule has 2 aromatic rings. The summed E-state index contributed by atoms with van der Waals surface area (Å²) in [6, 6.07) is 8.57. The molecule has 1 aliphatic carbocycles. The SMILES string of the molecule is C1=C(CCNc2nncc(Nc3ccc(N4CCCCC4)cc3)n2)CCCC1. The van der Waals surface area contributed by atoms with E-state index in [-0.39, 0.29) is 0 Å². The van der Waals surface area contributed by atoms with Crippen LogP contribution in [0.5, 0.6) is 0 Å². The van der Waals surface area contributed by atoms with E-state index in [9.17, 15) is 0 Å². The highest BCUT2D eigenvalue weighted by Crippen LogP contribution is 2.23. The summed E-state index contributed by atoms with van der Waals surface area (Å²) in [7, 11) is 0. The maximum Gasteiger partial charge on any atom is 0.244 e. The number of rotatable bonds is 7. The molecule has 148 valence electrons. The summed E-state index contributed by atoms with van der Waals surface area (Å²) in [5.74, 6) is 1.28. The second-order valence-electron chi connectivity index (χ2n) is 7.67. The lowest BCUT2D eigenvalue weighted by Crippen LogP contribution is -2.29. The summed E-state index contributed by atoms with van der Waals surface area (Å²) in [5.41, 5.74) is 3.86. The minimum Gasteiger partial charge on any atom is -0.372 e. The van der Waals surface area contributed by atoms with Crippen LogP contribution in [0.2, 0.25) is 0 Å². The van der Waals surface area contributed by atoms with Crippen LogP contribution in [0.4, 0.5) is 23.1 Å². The van der Waals surface area contributed by atoms with Crippen molar-refractivity contribution >= 4 is 23.1 Å². The average Bonchev–Trinajstić information content (AvgIpc) is 2.76. The van der Waals surface area contributed by atoms with E-state index >= 15 is 0 Å². The van der Waals surface area contributed by atoms with E-state index in [2.05, 4.69) is 61.1 Å². The fourth-order valence-corrected chi connectivity index (χ4v) is 3.96. The molecular weight excluding hydrogens is 348 g/mol. The Hall–Kier alpha value is -2.63. The molecule has 0 radical (unpaired) electrons. The molecule has 1 aromatic heterocycles. The van der Waals surface area contributed by atoms with Crippen LogP contribution in [0.15, 0.2) is 42.1 Å². The van der Waals surface area contributed by atoms with Crippen molar-refractivity contribution in [3.05, 3.63) is 42.1 Å². The molecule has 1 aromatic carbocycles. The van der Waals surface area contributed by atoms with Crippen LogP contribution in [0, 0.1) is 0 Å². The van der Waals surface area contributed by atoms with Crippen LogP contribution in [0.3, 0.4) is 0 Å². The summed E-state index contributed by atoms with van der Waals surface area (Å²) >= 11 is 0. The quantitative estimate of drug-likeness (QED) is 0.668. The molecular formula is C22H30N6. The van der Waals surface area contributed by atoms with Crippen molar-refractivity contribution in [1.29, 1.82) is 0 Å². The monoisotopic (exact) mass is 378 g/mol. The summed E-state index contributed by atoms with van der Waals surface area (Å²) in [6.45, 7) is 3.17. The van der Waals surface area contributed by atoms with Crippen LogP contribution in [0.25, 0.3) is 0 Å². The minimum absolute atomic E-state index is 0.575. The summed E-state index contributed by atoms with van der Waals surface area (Å²) < 4.78 is 0. The zero-order chi connectivity index (χ0) is 19.0. The Morgan fingerprint density at radius 1 is 0.964 bits per heavy atom. The van der Waals surface area contributed by atoms with Gasteiger partial charge >= 0.3 is 0 Å². The van der Waals surface area contributed by atoms with Crippen molar-refractivity contribution in [3.63, 3.8) is 0 Å². The predicted molar refractivity (Wildman–Crippen MR) is 115 cm³/mol. The molecule has 0 amide bonds. The Labute approximate surface area is 167 Å². The van der Waals surface area contributed by atoms with Crippen molar-refractivity contribution in [3.8, 4) is 0 Å². The van der Waals surface area contributed by atoms with Gasteiger partial charge in [0.25, 0.3) is 0 Å². The topological polar surface area (TPSA) is 66.0 Å². The van der Waals surface area contributed by atoms with Gasteiger partial charge in [0.05, 0.1) is 6.20 Å². The second kappa shape index (κ2) is 9.53. The van der Waals surface area contributed by atoms with E-state index in [1.165, 1.54) is 50.6 Å². The van der Waals surface area contributed by atoms with Gasteiger partial charge in [-0.2, -0.15) is 10.1 Å². The number of nitrogens with one attached hydrogen (secondary N) is 2. The lowest BCUT2D eigenvalue weighted by atomic mass is 9.97. The van der Waals surface area contributed by atoms with E-state index in [0.717, 1.165) is 31.7 Å². The van der Waals surface area contributed by atoms with Crippen LogP contribution in [-0.4, -0.2) is 34.8 Å². The zero-order valence-electron chi connectivity index (χ0n) is 16.5. The molecule has 1 aliphatic heterocycles. The van der Waals surface area contributed by atoms with E-state index in [1.807, 2.05) is 0 Å². The Kier molecular flexibility index (Phi) is 6.37. The normalized spacial score (nSPS) is 17.1. The molecule has 1 saturated heterocycles. The number of piperidine rings is 1. The highest BCUT2D eigenvalue weighted by Gasteiger charge is 2.10. The summed E-state index contributed by atoms with van der Waals surface area (Å²) in [5, 5.41) is 14.8. The van der Waals surface area contributed by atoms with Crippen molar-refractivity contribution in [2.45, 2.75) is 51.4 Å². The molecule has 2 heterocycles. The molecule has 1 fully saturated rings. The van der Waals surface area contributed by atoms with Gasteiger partial charge in [0.1, 0.15) is 0 Å². The number of anilines is 4. The highest BCUT2D eigenvalue weighted by atomic mass is 15.3. The standard InChI is InChI=1S/C22H30N6/c1-3-7-18(8-4-1)13-14-23-22-26-21(17-24-27-22)25-19-9-11-20(12-10-19)28-15-5-2-6-16-28/h7,9-12,17H,1-6,8,13-16H2,(H2,23,25,26,27). The van der Waals surface area contributed by atoms with Gasteiger partial charge in [0, 0.05) is 31.0 Å². The zero-order valence-corrected chi connectivity index (χ0v) is 16.5. The molecule has 0 unspecified atom stereocenters. The first kappa shape index (κ1) is 18.7. The Morgan fingerprint density at radius 3 is 2.61 bits per heavy atom. The fourth-order valence-electron chi connectivity index (χ4n) is 3.96. The first-order valence-electron chi connectivity index (χ1n) is 10.6. The number of nitrogens with zero attached hydrogens (tertiary/aromatic N) is 4. The van der Waals surface area contributed by atoms with E-state index in [4.69, 9.17) is 0 Å². The third-order valence-corrected chi connectivity index (χ3v) is 5.53. The first-order valence-corrected chi connectivity index (χ1v) is 10.6. The van der Waals surface area contributed by atoms with Gasteiger partial charge in [0.15, 0.2) is 5.82 Å². The Balaban J connectivity index is 1.30. The molecule has 0 saturated carbocycles. The summed E-state index contributed by atoms with van der Waals surface area (Å²) in [6.07, 6.45) is 14.1. The second-order valence-corrected chi connectivity index (χ2v) is 7.67. The molecule has 6 nitrogen and oxygen atoms in total. The van der Waals surface area contributed by atoms with Gasteiger partial charge in [-0.25, -0.2) is 0 Å². The van der Waals surface area contributed by atoms with Crippen LogP contribution < -0.4 is 15.5 Å². The Bertz CT molecular complexity index is 780. The fraction of sp³-hybridized carbons (Fsp3) is 0.500. The number of hydrogen-bond donors (Lipinski definition) is 2. The largest absolute Gasteiger partial charge is 0.372 e.